The molecule has 1 saturated heterocycles. The molecule has 3 N–H and O–H groups in total. The summed E-state index contributed by atoms with van der Waals surface area (Å²) in [5, 5.41) is 0.797. The third-order valence-corrected chi connectivity index (χ3v) is 7.03. The summed E-state index contributed by atoms with van der Waals surface area (Å²) in [5.41, 5.74) is 2.49. The molecule has 1 aromatic heterocycles. The fourth-order valence-electron chi connectivity index (χ4n) is 5.08. The fraction of sp³-hybridized carbons (Fsp3) is 0.303. The van der Waals surface area contributed by atoms with E-state index < -0.39 is 5.97 Å². The monoisotopic (exact) mass is 572 g/mol. The van der Waals surface area contributed by atoms with Crippen LogP contribution in [0.3, 0.4) is 0 Å². The van der Waals surface area contributed by atoms with E-state index in [1.807, 2.05) is 73.3 Å². The number of fused-ring (bicyclic) bond motifs is 1. The van der Waals surface area contributed by atoms with Gasteiger partial charge in [0.15, 0.2) is 0 Å². The molecule has 0 aliphatic carbocycles. The van der Waals surface area contributed by atoms with Gasteiger partial charge in [-0.1, -0.05) is 62.4 Å². The SMILES string of the molecule is CC.CCOC(=O)c1c(N2CCN(C(=O)c3ccc(OC)cc3)CC2)c2ccccc2n(Cc2ccccc2)c1=O.N. The highest BCUT2D eigenvalue weighted by Crippen LogP contribution is 2.31. The first-order chi connectivity index (χ1) is 20.0. The molecule has 4 aromatic rings. The summed E-state index contributed by atoms with van der Waals surface area (Å²) >= 11 is 0. The summed E-state index contributed by atoms with van der Waals surface area (Å²) in [6.45, 7) is 8.07. The number of methoxy groups -OCH3 is 1. The van der Waals surface area contributed by atoms with E-state index in [9.17, 15) is 14.4 Å². The Bertz CT molecular complexity index is 1540. The molecular weight excluding hydrogens is 532 g/mol. The predicted octanol–water partition coefficient (Wildman–Crippen LogP) is 5.39. The maximum atomic E-state index is 13.9. The largest absolute Gasteiger partial charge is 0.497 e. The second kappa shape index (κ2) is 14.8. The van der Waals surface area contributed by atoms with Crippen LogP contribution in [0, 0.1) is 0 Å². The third kappa shape index (κ3) is 6.63. The number of rotatable bonds is 7. The van der Waals surface area contributed by atoms with Gasteiger partial charge in [-0.25, -0.2) is 4.79 Å². The number of carbonyl (C=O) groups is 2. The first kappa shape index (κ1) is 31.9. The Hall–Kier alpha value is -4.63. The molecule has 1 fully saturated rings. The highest BCUT2D eigenvalue weighted by Gasteiger charge is 2.30. The van der Waals surface area contributed by atoms with Crippen molar-refractivity contribution in [3.8, 4) is 5.75 Å². The molecule has 5 rings (SSSR count). The lowest BCUT2D eigenvalue weighted by molar-refractivity contribution is 0.0523. The minimum Gasteiger partial charge on any atom is -0.497 e. The molecule has 3 aromatic carbocycles. The second-order valence-electron chi connectivity index (χ2n) is 9.35. The van der Waals surface area contributed by atoms with Crippen LogP contribution in [0.5, 0.6) is 5.75 Å². The molecule has 0 unspecified atom stereocenters. The molecule has 2 heterocycles. The van der Waals surface area contributed by atoms with Gasteiger partial charge in [0, 0.05) is 37.1 Å². The van der Waals surface area contributed by atoms with Crippen molar-refractivity contribution in [1.29, 1.82) is 0 Å². The number of pyridine rings is 1. The Balaban J connectivity index is 0.00000158. The predicted molar refractivity (Wildman–Crippen MR) is 167 cm³/mol. The minimum absolute atomic E-state index is 0. The molecule has 0 radical (unpaired) electrons. The number of hydrogen-bond donors (Lipinski definition) is 1. The van der Waals surface area contributed by atoms with Gasteiger partial charge in [-0.3, -0.25) is 9.59 Å². The van der Waals surface area contributed by atoms with E-state index in [2.05, 4.69) is 0 Å². The average Bonchev–Trinajstić information content (AvgIpc) is 3.03. The molecular formula is C33H40N4O5. The zero-order chi connectivity index (χ0) is 29.4. The minimum atomic E-state index is -0.637. The number of benzene rings is 3. The van der Waals surface area contributed by atoms with Crippen LogP contribution in [-0.4, -0.2) is 61.2 Å². The molecule has 9 nitrogen and oxygen atoms in total. The van der Waals surface area contributed by atoms with Crippen molar-refractivity contribution >= 4 is 28.5 Å². The first-order valence-corrected chi connectivity index (χ1v) is 14.1. The lowest BCUT2D eigenvalue weighted by Gasteiger charge is -2.37. The van der Waals surface area contributed by atoms with Gasteiger partial charge in [-0.15, -0.1) is 0 Å². The average molecular weight is 573 g/mol. The van der Waals surface area contributed by atoms with Gasteiger partial charge in [-0.05, 0) is 42.8 Å². The van der Waals surface area contributed by atoms with Crippen LogP contribution in [0.1, 0.15) is 47.1 Å². The van der Waals surface area contributed by atoms with Crippen molar-refractivity contribution < 1.29 is 19.1 Å². The lowest BCUT2D eigenvalue weighted by Crippen LogP contribution is -2.49. The molecule has 1 amide bonds. The Morgan fingerprint density at radius 1 is 0.833 bits per heavy atom. The number of ether oxygens (including phenoxy) is 2. The highest BCUT2D eigenvalue weighted by atomic mass is 16.5. The van der Waals surface area contributed by atoms with Gasteiger partial charge in [0.2, 0.25) is 0 Å². The molecule has 222 valence electrons. The summed E-state index contributed by atoms with van der Waals surface area (Å²) in [4.78, 5) is 44.1. The molecule has 42 heavy (non-hydrogen) atoms. The number of aromatic nitrogens is 1. The van der Waals surface area contributed by atoms with Crippen LogP contribution in [0.4, 0.5) is 5.69 Å². The van der Waals surface area contributed by atoms with Crippen molar-refractivity contribution in [3.63, 3.8) is 0 Å². The van der Waals surface area contributed by atoms with Crippen LogP contribution < -0.4 is 21.3 Å². The number of carbonyl (C=O) groups excluding carboxylic acids is 2. The number of para-hydroxylation sites is 1. The van der Waals surface area contributed by atoms with E-state index in [1.54, 1.807) is 47.8 Å². The Morgan fingerprint density at radius 3 is 2.07 bits per heavy atom. The Labute approximate surface area is 246 Å². The van der Waals surface area contributed by atoms with E-state index in [1.165, 1.54) is 0 Å². The number of esters is 1. The smallest absolute Gasteiger partial charge is 0.345 e. The molecule has 9 heteroatoms. The quantitative estimate of drug-likeness (QED) is 0.295. The Kier molecular flexibility index (Phi) is 11.3. The van der Waals surface area contributed by atoms with Crippen LogP contribution in [0.15, 0.2) is 83.7 Å². The summed E-state index contributed by atoms with van der Waals surface area (Å²) < 4.78 is 12.2. The molecule has 1 aliphatic rings. The lowest BCUT2D eigenvalue weighted by atomic mass is 10.0. The fourth-order valence-corrected chi connectivity index (χ4v) is 5.08. The van der Waals surface area contributed by atoms with E-state index >= 15 is 0 Å². The van der Waals surface area contributed by atoms with Crippen molar-refractivity contribution in [2.75, 3.05) is 44.8 Å². The van der Waals surface area contributed by atoms with Gasteiger partial charge in [0.1, 0.15) is 11.3 Å². The molecule has 0 atom stereocenters. The highest BCUT2D eigenvalue weighted by molar-refractivity contribution is 6.05. The van der Waals surface area contributed by atoms with E-state index in [-0.39, 0.29) is 29.8 Å². The number of anilines is 1. The van der Waals surface area contributed by atoms with Gasteiger partial charge in [0.25, 0.3) is 11.5 Å². The van der Waals surface area contributed by atoms with Gasteiger partial charge >= 0.3 is 5.97 Å². The number of nitrogens with zero attached hydrogens (tertiary/aromatic N) is 3. The maximum Gasteiger partial charge on any atom is 0.345 e. The third-order valence-electron chi connectivity index (χ3n) is 7.03. The number of piperazine rings is 1. The summed E-state index contributed by atoms with van der Waals surface area (Å²) in [6.07, 6.45) is 0. The van der Waals surface area contributed by atoms with Crippen molar-refractivity contribution in [3.05, 3.63) is 106 Å². The molecule has 0 spiro atoms. The Morgan fingerprint density at radius 2 is 1.45 bits per heavy atom. The topological polar surface area (TPSA) is 116 Å². The summed E-state index contributed by atoms with van der Waals surface area (Å²) in [5.74, 6) is -0.00963. The van der Waals surface area contributed by atoms with Crippen LogP contribution in [-0.2, 0) is 11.3 Å². The van der Waals surface area contributed by atoms with Crippen molar-refractivity contribution in [1.82, 2.24) is 15.6 Å². The van der Waals surface area contributed by atoms with E-state index in [0.29, 0.717) is 49.7 Å². The standard InChI is InChI=1S/C31H31N3O5.C2H6.H3N/c1-3-39-31(37)27-28(32-17-19-33(20-18-32)29(35)23-13-15-24(38-2)16-14-23)25-11-7-8-12-26(25)34(30(27)36)21-22-9-5-4-6-10-22;1-2;/h4-16H,3,17-21H2,1-2H3;1-2H3;1H3. The van der Waals surface area contributed by atoms with Crippen LogP contribution in [0.2, 0.25) is 0 Å². The van der Waals surface area contributed by atoms with E-state index in [4.69, 9.17) is 9.47 Å². The van der Waals surface area contributed by atoms with Crippen molar-refractivity contribution in [2.24, 2.45) is 0 Å². The molecule has 0 saturated carbocycles. The summed E-state index contributed by atoms with van der Waals surface area (Å²) in [7, 11) is 1.59. The van der Waals surface area contributed by atoms with Gasteiger partial charge in [-0.2, -0.15) is 0 Å². The van der Waals surface area contributed by atoms with Crippen molar-refractivity contribution in [2.45, 2.75) is 27.3 Å². The molecule has 0 bridgehead atoms. The zero-order valence-electron chi connectivity index (χ0n) is 24.8. The second-order valence-corrected chi connectivity index (χ2v) is 9.35. The first-order valence-electron chi connectivity index (χ1n) is 14.1. The number of amides is 1. The van der Waals surface area contributed by atoms with Crippen LogP contribution >= 0.6 is 0 Å². The maximum absolute atomic E-state index is 13.9. The van der Waals surface area contributed by atoms with Crippen LogP contribution in [0.25, 0.3) is 10.9 Å². The zero-order valence-corrected chi connectivity index (χ0v) is 24.8. The number of hydrogen-bond acceptors (Lipinski definition) is 7. The van der Waals surface area contributed by atoms with E-state index in [0.717, 1.165) is 16.5 Å². The van der Waals surface area contributed by atoms with Gasteiger partial charge < -0.3 is 30.0 Å². The summed E-state index contributed by atoms with van der Waals surface area (Å²) in [6, 6.07) is 24.4. The normalized spacial score (nSPS) is 12.6. The van der Waals surface area contributed by atoms with Gasteiger partial charge in [0.05, 0.1) is 31.5 Å². The molecule has 1 aliphatic heterocycles.